The minimum atomic E-state index is 0.940. The van der Waals surface area contributed by atoms with Crippen molar-refractivity contribution in [3.05, 3.63) is 194 Å². The predicted molar refractivity (Wildman–Crippen MR) is 217 cm³/mol. The normalized spacial score (nSPS) is 11.5. The van der Waals surface area contributed by atoms with Gasteiger partial charge < -0.3 is 0 Å². The summed E-state index contributed by atoms with van der Waals surface area (Å²) in [6.45, 7) is 0. The van der Waals surface area contributed by atoms with E-state index in [-0.39, 0.29) is 0 Å². The van der Waals surface area contributed by atoms with Gasteiger partial charge in [0.25, 0.3) is 0 Å². The van der Waals surface area contributed by atoms with Crippen LogP contribution in [0.4, 0.5) is 0 Å². The maximum Gasteiger partial charge on any atom is 0.145 e. The molecule has 0 bridgehead atoms. The minimum Gasteiger partial charge on any atom is -0.292 e. The van der Waals surface area contributed by atoms with Gasteiger partial charge in [0.05, 0.1) is 11.0 Å². The summed E-state index contributed by atoms with van der Waals surface area (Å²) in [6.07, 6.45) is 0. The molecule has 0 amide bonds. The minimum absolute atomic E-state index is 0.940. The van der Waals surface area contributed by atoms with Crippen LogP contribution < -0.4 is 0 Å². The molecule has 0 radical (unpaired) electrons. The lowest BCUT2D eigenvalue weighted by atomic mass is 9.93. The molecule has 9 aromatic carbocycles. The first kappa shape index (κ1) is 29.2. The van der Waals surface area contributed by atoms with E-state index in [0.717, 1.165) is 28.1 Å². The zero-order valence-corrected chi connectivity index (χ0v) is 27.9. The molecule has 1 aromatic heterocycles. The molecule has 0 saturated heterocycles. The topological polar surface area (TPSA) is 17.8 Å². The Morgan fingerprint density at radius 2 is 0.706 bits per heavy atom. The van der Waals surface area contributed by atoms with Gasteiger partial charge in [-0.05, 0) is 95.3 Å². The fourth-order valence-corrected chi connectivity index (χ4v) is 7.86. The first-order valence-electron chi connectivity index (χ1n) is 17.5. The van der Waals surface area contributed by atoms with E-state index in [9.17, 15) is 0 Å². The highest BCUT2D eigenvalue weighted by atomic mass is 15.1. The molecule has 0 aliphatic carbocycles. The van der Waals surface area contributed by atoms with Gasteiger partial charge >= 0.3 is 0 Å². The summed E-state index contributed by atoms with van der Waals surface area (Å²) in [7, 11) is 0. The highest BCUT2D eigenvalue weighted by Gasteiger charge is 2.15. The summed E-state index contributed by atoms with van der Waals surface area (Å²) in [4.78, 5) is 5.05. The number of hydrogen-bond acceptors (Lipinski definition) is 1. The van der Waals surface area contributed by atoms with Gasteiger partial charge in [-0.2, -0.15) is 0 Å². The zero-order chi connectivity index (χ0) is 33.7. The SMILES string of the molecule is c1ccc(-c2nc3ccccc3n2-c2ccc(-c3ccc4c5ccccc5c5ccccc5c5ccccc5c5ccccc5c4c3)cc2)cc1. The van der Waals surface area contributed by atoms with E-state index in [1.165, 1.54) is 65.0 Å². The van der Waals surface area contributed by atoms with Crippen LogP contribution in [0, 0.1) is 0 Å². The second kappa shape index (κ2) is 12.0. The molecule has 238 valence electrons. The van der Waals surface area contributed by atoms with Crippen LogP contribution >= 0.6 is 0 Å². The van der Waals surface area contributed by atoms with Crippen LogP contribution in [0.2, 0.25) is 0 Å². The van der Waals surface area contributed by atoms with Crippen LogP contribution in [0.1, 0.15) is 0 Å². The Kier molecular flexibility index (Phi) is 6.85. The zero-order valence-electron chi connectivity index (χ0n) is 27.9. The van der Waals surface area contributed by atoms with Crippen molar-refractivity contribution in [2.24, 2.45) is 0 Å². The van der Waals surface area contributed by atoms with Crippen molar-refractivity contribution in [1.29, 1.82) is 0 Å². The fourth-order valence-electron chi connectivity index (χ4n) is 7.86. The van der Waals surface area contributed by atoms with Crippen molar-refractivity contribution in [3.8, 4) is 28.2 Å². The van der Waals surface area contributed by atoms with E-state index in [1.54, 1.807) is 0 Å². The van der Waals surface area contributed by atoms with Crippen LogP contribution in [0.25, 0.3) is 93.1 Å². The Balaban J connectivity index is 1.24. The van der Waals surface area contributed by atoms with Crippen LogP contribution in [-0.2, 0) is 0 Å². The third kappa shape index (κ3) is 4.84. The van der Waals surface area contributed by atoms with Crippen LogP contribution in [0.5, 0.6) is 0 Å². The summed E-state index contributed by atoms with van der Waals surface area (Å²) < 4.78 is 2.27. The summed E-state index contributed by atoms with van der Waals surface area (Å²) in [6, 6.07) is 70.1. The van der Waals surface area contributed by atoms with Gasteiger partial charge in [-0.15, -0.1) is 0 Å². The highest BCUT2D eigenvalue weighted by Crippen LogP contribution is 2.38. The van der Waals surface area contributed by atoms with E-state index in [0.29, 0.717) is 0 Å². The van der Waals surface area contributed by atoms with Gasteiger partial charge in [-0.25, -0.2) is 4.98 Å². The van der Waals surface area contributed by atoms with E-state index in [4.69, 9.17) is 4.98 Å². The number of aromatic nitrogens is 2. The van der Waals surface area contributed by atoms with Crippen molar-refractivity contribution in [2.45, 2.75) is 0 Å². The second-order valence-corrected chi connectivity index (χ2v) is 13.1. The smallest absolute Gasteiger partial charge is 0.145 e. The third-order valence-electron chi connectivity index (χ3n) is 10.2. The number of hydrogen-bond donors (Lipinski definition) is 0. The Labute approximate surface area is 295 Å². The molecule has 0 fully saturated rings. The van der Waals surface area contributed by atoms with Gasteiger partial charge in [0.2, 0.25) is 0 Å². The van der Waals surface area contributed by atoms with Gasteiger partial charge in [-0.3, -0.25) is 4.57 Å². The molecular weight excluding hydrogens is 617 g/mol. The van der Waals surface area contributed by atoms with Crippen LogP contribution in [0.3, 0.4) is 0 Å². The number of imidazole rings is 1. The summed E-state index contributed by atoms with van der Waals surface area (Å²) >= 11 is 0. The third-order valence-corrected chi connectivity index (χ3v) is 10.2. The predicted octanol–water partition coefficient (Wildman–Crippen LogP) is 13.2. The van der Waals surface area contributed by atoms with Gasteiger partial charge in [-0.1, -0.05) is 164 Å². The lowest BCUT2D eigenvalue weighted by Crippen LogP contribution is -1.97. The Morgan fingerprint density at radius 3 is 1.24 bits per heavy atom. The molecule has 0 N–H and O–H groups in total. The molecule has 0 aliphatic rings. The lowest BCUT2D eigenvalue weighted by Gasteiger charge is -2.12. The van der Waals surface area contributed by atoms with E-state index >= 15 is 0 Å². The molecule has 2 nitrogen and oxygen atoms in total. The monoisotopic (exact) mass is 648 g/mol. The number of para-hydroxylation sites is 2. The largest absolute Gasteiger partial charge is 0.292 e. The molecule has 2 heteroatoms. The summed E-state index contributed by atoms with van der Waals surface area (Å²) in [5.74, 6) is 0.940. The van der Waals surface area contributed by atoms with Crippen molar-refractivity contribution < 1.29 is 0 Å². The number of rotatable bonds is 3. The summed E-state index contributed by atoms with van der Waals surface area (Å²) in [5, 5.41) is 12.4. The van der Waals surface area contributed by atoms with Gasteiger partial charge in [0.1, 0.15) is 5.82 Å². The molecule has 0 unspecified atom stereocenters. The molecule has 51 heavy (non-hydrogen) atoms. The number of nitrogens with zero attached hydrogens (tertiary/aromatic N) is 2. The van der Waals surface area contributed by atoms with Crippen molar-refractivity contribution >= 4 is 64.9 Å². The quantitative estimate of drug-likeness (QED) is 0.186. The Hall–Kier alpha value is -6.77. The average molecular weight is 649 g/mol. The molecule has 1 heterocycles. The average Bonchev–Trinajstić information content (AvgIpc) is 3.61. The molecule has 0 spiro atoms. The molecule has 0 aliphatic heterocycles. The van der Waals surface area contributed by atoms with Crippen LogP contribution in [-0.4, -0.2) is 9.55 Å². The standard InChI is InChI=1S/C49H32N2/c1-2-14-34(15-3-1)49-50-47-24-12-13-25-48(47)51(49)36-29-26-33(27-30-36)35-28-31-45-43-22-9-8-20-41(43)39-18-5-4-16-37(39)38-17-6-7-19-40(38)42-21-10-11-23-44(42)46(45)32-35/h1-32H. The molecule has 0 atom stereocenters. The van der Waals surface area contributed by atoms with Crippen LogP contribution in [0.15, 0.2) is 194 Å². The molecule has 0 saturated carbocycles. The van der Waals surface area contributed by atoms with Crippen molar-refractivity contribution in [1.82, 2.24) is 9.55 Å². The van der Waals surface area contributed by atoms with Crippen molar-refractivity contribution in [2.75, 3.05) is 0 Å². The Morgan fingerprint density at radius 1 is 0.294 bits per heavy atom. The van der Waals surface area contributed by atoms with E-state index in [1.807, 2.05) is 6.07 Å². The van der Waals surface area contributed by atoms with Gasteiger partial charge in [0, 0.05) is 11.3 Å². The molecular formula is C49H32N2. The molecule has 10 aromatic rings. The second-order valence-electron chi connectivity index (χ2n) is 13.1. The van der Waals surface area contributed by atoms with Gasteiger partial charge in [0.15, 0.2) is 0 Å². The Bertz CT molecular complexity index is 2930. The lowest BCUT2D eigenvalue weighted by molar-refractivity contribution is 1.10. The first-order valence-corrected chi connectivity index (χ1v) is 17.5. The fraction of sp³-hybridized carbons (Fsp3) is 0. The summed E-state index contributed by atoms with van der Waals surface area (Å²) in [5.41, 5.74) is 6.60. The van der Waals surface area contributed by atoms with E-state index in [2.05, 4.69) is 193 Å². The maximum atomic E-state index is 5.05. The first-order chi connectivity index (χ1) is 25.3. The number of benzene rings is 8. The van der Waals surface area contributed by atoms with Crippen molar-refractivity contribution in [3.63, 3.8) is 0 Å². The maximum absolute atomic E-state index is 5.05. The van der Waals surface area contributed by atoms with E-state index < -0.39 is 0 Å². The number of fused-ring (bicyclic) bond motifs is 11. The highest BCUT2D eigenvalue weighted by molar-refractivity contribution is 6.26. The molecule has 10 rings (SSSR count).